The highest BCUT2D eigenvalue weighted by Gasteiger charge is 2.28. The maximum absolute atomic E-state index is 12.2. The molecule has 1 saturated heterocycles. The lowest BCUT2D eigenvalue weighted by atomic mass is 9.89. The van der Waals surface area contributed by atoms with E-state index in [2.05, 4.69) is 5.32 Å². The van der Waals surface area contributed by atoms with Crippen LogP contribution < -0.4 is 5.32 Å². The minimum Gasteiger partial charge on any atom is -0.376 e. The maximum atomic E-state index is 12.2. The zero-order valence-electron chi connectivity index (χ0n) is 12.7. The number of sulfonamides is 1. The van der Waals surface area contributed by atoms with Crippen molar-refractivity contribution in [2.75, 3.05) is 32.0 Å². The summed E-state index contributed by atoms with van der Waals surface area (Å²) in [5, 5.41) is 2.78. The molecule has 1 N–H and O–H groups in total. The minimum absolute atomic E-state index is 0.0141. The van der Waals surface area contributed by atoms with Crippen LogP contribution in [0.4, 0.5) is 0 Å². The standard InChI is InChI=1S/C14H26N2O4S/c1-12-11-16(8-9-20-12)21(18,19)10-7-15-14(17)13-5-3-2-4-6-13/h12-13H,2-11H2,1H3,(H,15,17). The molecule has 1 aliphatic carbocycles. The molecule has 1 amide bonds. The molecule has 1 aliphatic heterocycles. The number of carbonyl (C=O) groups is 1. The van der Waals surface area contributed by atoms with Crippen LogP contribution in [0.1, 0.15) is 39.0 Å². The van der Waals surface area contributed by atoms with Crippen molar-refractivity contribution in [3.05, 3.63) is 0 Å². The number of ether oxygens (including phenoxy) is 1. The summed E-state index contributed by atoms with van der Waals surface area (Å²) in [7, 11) is -3.30. The van der Waals surface area contributed by atoms with E-state index in [9.17, 15) is 13.2 Å². The first-order valence-electron chi connectivity index (χ1n) is 7.86. The molecule has 2 aliphatic rings. The Morgan fingerprint density at radius 1 is 1.29 bits per heavy atom. The number of nitrogens with one attached hydrogen (secondary N) is 1. The Bertz CT molecular complexity index is 446. The van der Waals surface area contributed by atoms with Crippen molar-refractivity contribution in [1.29, 1.82) is 0 Å². The fourth-order valence-electron chi connectivity index (χ4n) is 2.98. The van der Waals surface area contributed by atoms with Gasteiger partial charge >= 0.3 is 0 Å². The lowest BCUT2D eigenvalue weighted by Crippen LogP contribution is -2.47. The number of amides is 1. The van der Waals surface area contributed by atoms with E-state index in [0.29, 0.717) is 19.7 Å². The zero-order valence-corrected chi connectivity index (χ0v) is 13.5. The van der Waals surface area contributed by atoms with E-state index in [4.69, 9.17) is 4.74 Å². The molecule has 1 heterocycles. The second-order valence-corrected chi connectivity index (χ2v) is 8.07. The van der Waals surface area contributed by atoms with E-state index in [1.165, 1.54) is 10.7 Å². The van der Waals surface area contributed by atoms with Crippen molar-refractivity contribution in [2.45, 2.75) is 45.1 Å². The molecule has 2 rings (SSSR count). The summed E-state index contributed by atoms with van der Waals surface area (Å²) in [6.45, 7) is 3.31. The van der Waals surface area contributed by atoms with Crippen molar-refractivity contribution in [3.63, 3.8) is 0 Å². The molecule has 2 fully saturated rings. The topological polar surface area (TPSA) is 75.7 Å². The zero-order chi connectivity index (χ0) is 15.3. The van der Waals surface area contributed by atoms with Crippen molar-refractivity contribution in [1.82, 2.24) is 9.62 Å². The summed E-state index contributed by atoms with van der Waals surface area (Å²) in [6.07, 6.45) is 5.20. The molecule has 0 spiro atoms. The first-order chi connectivity index (χ1) is 9.99. The first kappa shape index (κ1) is 16.7. The van der Waals surface area contributed by atoms with Gasteiger partial charge in [-0.15, -0.1) is 0 Å². The average molecular weight is 318 g/mol. The third kappa shape index (κ3) is 4.93. The predicted octanol–water partition coefficient (Wildman–Crippen LogP) is 0.733. The van der Waals surface area contributed by atoms with Gasteiger partial charge in [0.2, 0.25) is 15.9 Å². The Morgan fingerprint density at radius 2 is 2.00 bits per heavy atom. The van der Waals surface area contributed by atoms with E-state index >= 15 is 0 Å². The van der Waals surface area contributed by atoms with Crippen LogP contribution in [0.3, 0.4) is 0 Å². The average Bonchev–Trinajstić information content (AvgIpc) is 2.48. The van der Waals surface area contributed by atoms with E-state index in [-0.39, 0.29) is 30.2 Å². The molecule has 0 aromatic rings. The van der Waals surface area contributed by atoms with Crippen molar-refractivity contribution >= 4 is 15.9 Å². The van der Waals surface area contributed by atoms with Crippen LogP contribution >= 0.6 is 0 Å². The fourth-order valence-corrected chi connectivity index (χ4v) is 4.39. The third-order valence-corrected chi connectivity index (χ3v) is 6.07. The van der Waals surface area contributed by atoms with Crippen molar-refractivity contribution < 1.29 is 17.9 Å². The van der Waals surface area contributed by atoms with Gasteiger partial charge in [0.1, 0.15) is 0 Å². The Balaban J connectivity index is 1.75. The lowest BCUT2D eigenvalue weighted by Gasteiger charge is -2.30. The van der Waals surface area contributed by atoms with Crippen molar-refractivity contribution in [2.24, 2.45) is 5.92 Å². The number of carbonyl (C=O) groups excluding carboxylic acids is 1. The molecule has 0 bridgehead atoms. The van der Waals surface area contributed by atoms with Gasteiger partial charge in [0.05, 0.1) is 18.5 Å². The SMILES string of the molecule is CC1CN(S(=O)(=O)CCNC(=O)C2CCCCC2)CCO1. The van der Waals surface area contributed by atoms with Crippen LogP contribution in [0, 0.1) is 5.92 Å². The molecule has 0 radical (unpaired) electrons. The van der Waals surface area contributed by atoms with Crippen LogP contribution in [0.25, 0.3) is 0 Å². The highest BCUT2D eigenvalue weighted by Crippen LogP contribution is 2.23. The first-order valence-corrected chi connectivity index (χ1v) is 9.47. The number of hydrogen-bond acceptors (Lipinski definition) is 4. The summed E-state index contributed by atoms with van der Waals surface area (Å²) in [5.41, 5.74) is 0. The van der Waals surface area contributed by atoms with Crippen LogP contribution in [0.5, 0.6) is 0 Å². The van der Waals surface area contributed by atoms with E-state index in [1.54, 1.807) is 0 Å². The van der Waals surface area contributed by atoms with E-state index in [1.807, 2.05) is 6.92 Å². The number of morpholine rings is 1. The Morgan fingerprint density at radius 3 is 2.67 bits per heavy atom. The Labute approximate surface area is 127 Å². The van der Waals surface area contributed by atoms with E-state index in [0.717, 1.165) is 25.7 Å². The number of hydrogen-bond donors (Lipinski definition) is 1. The molecule has 21 heavy (non-hydrogen) atoms. The minimum atomic E-state index is -3.30. The van der Waals surface area contributed by atoms with Gasteiger partial charge in [-0.3, -0.25) is 4.79 Å². The fraction of sp³-hybridized carbons (Fsp3) is 0.929. The van der Waals surface area contributed by atoms with E-state index < -0.39 is 10.0 Å². The molecule has 0 aromatic heterocycles. The second-order valence-electron chi connectivity index (χ2n) is 5.98. The Kier molecular flexibility index (Phi) is 6.01. The van der Waals surface area contributed by atoms with Gasteiger partial charge in [-0.05, 0) is 19.8 Å². The molecular formula is C14H26N2O4S. The second kappa shape index (κ2) is 7.56. The molecule has 0 aromatic carbocycles. The summed E-state index contributed by atoms with van der Waals surface area (Å²) in [5.74, 6) is 0.0585. The highest BCUT2D eigenvalue weighted by molar-refractivity contribution is 7.89. The third-order valence-electron chi connectivity index (χ3n) is 4.23. The molecule has 1 unspecified atom stereocenters. The monoisotopic (exact) mass is 318 g/mol. The smallest absolute Gasteiger partial charge is 0.223 e. The van der Waals surface area contributed by atoms with Gasteiger partial charge in [0, 0.05) is 25.6 Å². The van der Waals surface area contributed by atoms with Crippen molar-refractivity contribution in [3.8, 4) is 0 Å². The van der Waals surface area contributed by atoms with Gasteiger partial charge in [-0.25, -0.2) is 8.42 Å². The van der Waals surface area contributed by atoms with Crippen LogP contribution in [0.15, 0.2) is 0 Å². The van der Waals surface area contributed by atoms with Crippen LogP contribution in [-0.2, 0) is 19.6 Å². The van der Waals surface area contributed by atoms with Gasteiger partial charge < -0.3 is 10.1 Å². The van der Waals surface area contributed by atoms with Gasteiger partial charge in [0.15, 0.2) is 0 Å². The molecular weight excluding hydrogens is 292 g/mol. The largest absolute Gasteiger partial charge is 0.376 e. The predicted molar refractivity (Wildman–Crippen MR) is 80.4 cm³/mol. The summed E-state index contributed by atoms with van der Waals surface area (Å²) in [4.78, 5) is 12.0. The number of rotatable bonds is 5. The van der Waals surface area contributed by atoms with Crippen LogP contribution in [-0.4, -0.2) is 56.7 Å². The van der Waals surface area contributed by atoms with Gasteiger partial charge in [-0.2, -0.15) is 4.31 Å². The summed E-state index contributed by atoms with van der Waals surface area (Å²) >= 11 is 0. The van der Waals surface area contributed by atoms with Crippen LogP contribution in [0.2, 0.25) is 0 Å². The molecule has 6 nitrogen and oxygen atoms in total. The molecule has 1 saturated carbocycles. The summed E-state index contributed by atoms with van der Waals surface area (Å²) < 4.78 is 31.2. The Hall–Kier alpha value is -0.660. The normalized spacial score (nSPS) is 25.7. The highest BCUT2D eigenvalue weighted by atomic mass is 32.2. The lowest BCUT2D eigenvalue weighted by molar-refractivity contribution is -0.125. The quantitative estimate of drug-likeness (QED) is 0.811. The van der Waals surface area contributed by atoms with Gasteiger partial charge in [-0.1, -0.05) is 19.3 Å². The van der Waals surface area contributed by atoms with Gasteiger partial charge in [0.25, 0.3) is 0 Å². The maximum Gasteiger partial charge on any atom is 0.223 e. The number of nitrogens with zero attached hydrogens (tertiary/aromatic N) is 1. The summed E-state index contributed by atoms with van der Waals surface area (Å²) in [6, 6.07) is 0. The molecule has 1 atom stereocenters. The molecule has 122 valence electrons. The molecule has 7 heteroatoms.